The van der Waals surface area contributed by atoms with Gasteiger partial charge in [0, 0.05) is 17.6 Å². The number of fused-ring (bicyclic) bond motifs is 1. The standard InChI is InChI=1S/C15H13BrClNO2/c16-12-4-2-1-3-11(12)8-18-7-10-5-13(17)15-14(6-10)19-9-20-15/h1-6,18H,7-9H2. The van der Waals surface area contributed by atoms with Crippen molar-refractivity contribution in [2.75, 3.05) is 6.79 Å². The molecule has 2 aromatic rings. The molecule has 0 saturated heterocycles. The third-order valence-electron chi connectivity index (χ3n) is 3.09. The predicted octanol–water partition coefficient (Wildman–Crippen LogP) is 4.12. The molecule has 0 unspecified atom stereocenters. The fraction of sp³-hybridized carbons (Fsp3) is 0.200. The lowest BCUT2D eigenvalue weighted by Gasteiger charge is -2.08. The van der Waals surface area contributed by atoms with E-state index in [1.54, 1.807) is 0 Å². The molecule has 5 heteroatoms. The molecule has 2 aromatic carbocycles. The summed E-state index contributed by atoms with van der Waals surface area (Å²) in [5.74, 6) is 1.36. The van der Waals surface area contributed by atoms with Crippen molar-refractivity contribution in [3.8, 4) is 11.5 Å². The molecule has 1 N–H and O–H groups in total. The SMILES string of the molecule is Clc1cc(CNCc2ccccc2Br)cc2c1OCO2. The van der Waals surface area contributed by atoms with Gasteiger partial charge < -0.3 is 14.8 Å². The van der Waals surface area contributed by atoms with Crippen LogP contribution in [0.25, 0.3) is 0 Å². The highest BCUT2D eigenvalue weighted by Gasteiger charge is 2.17. The quantitative estimate of drug-likeness (QED) is 0.896. The average molecular weight is 355 g/mol. The minimum absolute atomic E-state index is 0.239. The van der Waals surface area contributed by atoms with E-state index in [0.29, 0.717) is 10.8 Å². The Labute approximate surface area is 131 Å². The van der Waals surface area contributed by atoms with Gasteiger partial charge in [0.2, 0.25) is 6.79 Å². The van der Waals surface area contributed by atoms with Gasteiger partial charge in [-0.2, -0.15) is 0 Å². The Morgan fingerprint density at radius 3 is 2.85 bits per heavy atom. The van der Waals surface area contributed by atoms with Crippen LogP contribution in [0.3, 0.4) is 0 Å². The third kappa shape index (κ3) is 2.92. The van der Waals surface area contributed by atoms with Crippen LogP contribution in [0.4, 0.5) is 0 Å². The van der Waals surface area contributed by atoms with E-state index in [4.69, 9.17) is 21.1 Å². The van der Waals surface area contributed by atoms with Crippen molar-refractivity contribution in [3.05, 3.63) is 57.0 Å². The van der Waals surface area contributed by atoms with E-state index in [1.807, 2.05) is 30.3 Å². The first-order valence-electron chi connectivity index (χ1n) is 6.26. The summed E-state index contributed by atoms with van der Waals surface area (Å²) in [5, 5.41) is 3.99. The first-order valence-corrected chi connectivity index (χ1v) is 7.43. The summed E-state index contributed by atoms with van der Waals surface area (Å²) in [6.07, 6.45) is 0. The molecule has 1 heterocycles. The molecule has 3 rings (SSSR count). The summed E-state index contributed by atoms with van der Waals surface area (Å²) in [5.41, 5.74) is 2.30. The lowest BCUT2D eigenvalue weighted by atomic mass is 10.2. The van der Waals surface area contributed by atoms with E-state index in [9.17, 15) is 0 Å². The van der Waals surface area contributed by atoms with Crippen LogP contribution in [-0.4, -0.2) is 6.79 Å². The number of hydrogen-bond donors (Lipinski definition) is 1. The van der Waals surface area contributed by atoms with Gasteiger partial charge in [0.15, 0.2) is 11.5 Å². The average Bonchev–Trinajstić information content (AvgIpc) is 2.90. The number of halogens is 2. The van der Waals surface area contributed by atoms with Gasteiger partial charge in [-0.15, -0.1) is 0 Å². The molecule has 0 spiro atoms. The second-order valence-corrected chi connectivity index (χ2v) is 5.77. The second kappa shape index (κ2) is 6.04. The van der Waals surface area contributed by atoms with E-state index in [0.717, 1.165) is 28.9 Å². The van der Waals surface area contributed by atoms with Gasteiger partial charge in [0.05, 0.1) is 5.02 Å². The monoisotopic (exact) mass is 353 g/mol. The van der Waals surface area contributed by atoms with Crippen molar-refractivity contribution < 1.29 is 9.47 Å². The zero-order chi connectivity index (χ0) is 13.9. The zero-order valence-corrected chi connectivity index (χ0v) is 13.0. The number of ether oxygens (including phenoxy) is 2. The highest BCUT2D eigenvalue weighted by atomic mass is 79.9. The van der Waals surface area contributed by atoms with Crippen molar-refractivity contribution in [3.63, 3.8) is 0 Å². The van der Waals surface area contributed by atoms with E-state index >= 15 is 0 Å². The van der Waals surface area contributed by atoms with Crippen molar-refractivity contribution in [1.82, 2.24) is 5.32 Å². The highest BCUT2D eigenvalue weighted by Crippen LogP contribution is 2.39. The molecule has 0 atom stereocenters. The first kappa shape index (κ1) is 13.7. The number of hydrogen-bond acceptors (Lipinski definition) is 3. The Morgan fingerprint density at radius 2 is 2.00 bits per heavy atom. The fourth-order valence-corrected chi connectivity index (χ4v) is 2.82. The third-order valence-corrected chi connectivity index (χ3v) is 4.14. The van der Waals surface area contributed by atoms with Crippen LogP contribution in [0.1, 0.15) is 11.1 Å². The Hall–Kier alpha value is -1.23. The fourth-order valence-electron chi connectivity index (χ4n) is 2.11. The van der Waals surface area contributed by atoms with Crippen molar-refractivity contribution >= 4 is 27.5 Å². The summed E-state index contributed by atoms with van der Waals surface area (Å²) < 4.78 is 11.8. The second-order valence-electron chi connectivity index (χ2n) is 4.51. The normalized spacial score (nSPS) is 12.7. The molecular weight excluding hydrogens is 342 g/mol. The molecule has 0 aromatic heterocycles. The van der Waals surface area contributed by atoms with Gasteiger partial charge in [-0.25, -0.2) is 0 Å². The predicted molar refractivity (Wildman–Crippen MR) is 82.3 cm³/mol. The Balaban J connectivity index is 1.65. The lowest BCUT2D eigenvalue weighted by Crippen LogP contribution is -2.13. The summed E-state index contributed by atoms with van der Waals surface area (Å²) in [6.45, 7) is 1.74. The Bertz CT molecular complexity index is 633. The zero-order valence-electron chi connectivity index (χ0n) is 10.7. The van der Waals surface area contributed by atoms with Gasteiger partial charge in [-0.3, -0.25) is 0 Å². The van der Waals surface area contributed by atoms with Gasteiger partial charge in [0.25, 0.3) is 0 Å². The lowest BCUT2D eigenvalue weighted by molar-refractivity contribution is 0.174. The van der Waals surface area contributed by atoms with Crippen LogP contribution in [-0.2, 0) is 13.1 Å². The van der Waals surface area contributed by atoms with Crippen LogP contribution < -0.4 is 14.8 Å². The first-order chi connectivity index (χ1) is 9.74. The molecule has 104 valence electrons. The van der Waals surface area contributed by atoms with Crippen molar-refractivity contribution in [2.45, 2.75) is 13.1 Å². The molecule has 0 fully saturated rings. The molecule has 3 nitrogen and oxygen atoms in total. The number of nitrogens with one attached hydrogen (secondary N) is 1. The molecule has 0 aliphatic carbocycles. The number of benzene rings is 2. The molecule has 0 bridgehead atoms. The summed E-state index contributed by atoms with van der Waals surface area (Å²) >= 11 is 9.69. The van der Waals surface area contributed by atoms with Crippen LogP contribution >= 0.6 is 27.5 Å². The van der Waals surface area contributed by atoms with Crippen molar-refractivity contribution in [1.29, 1.82) is 0 Å². The summed E-state index contributed by atoms with van der Waals surface area (Å²) in [6, 6.07) is 12.0. The summed E-state index contributed by atoms with van der Waals surface area (Å²) in [7, 11) is 0. The minimum atomic E-state index is 0.239. The maximum atomic E-state index is 6.16. The van der Waals surface area contributed by atoms with Gasteiger partial charge >= 0.3 is 0 Å². The Kier molecular flexibility index (Phi) is 4.15. The maximum Gasteiger partial charge on any atom is 0.231 e. The molecular formula is C15H13BrClNO2. The topological polar surface area (TPSA) is 30.5 Å². The van der Waals surface area contributed by atoms with Crippen LogP contribution in [0, 0.1) is 0 Å². The molecule has 0 radical (unpaired) electrons. The molecule has 0 saturated carbocycles. The van der Waals surface area contributed by atoms with E-state index in [2.05, 4.69) is 27.3 Å². The Morgan fingerprint density at radius 1 is 1.15 bits per heavy atom. The van der Waals surface area contributed by atoms with E-state index < -0.39 is 0 Å². The highest BCUT2D eigenvalue weighted by molar-refractivity contribution is 9.10. The van der Waals surface area contributed by atoms with Crippen LogP contribution in [0.5, 0.6) is 11.5 Å². The van der Waals surface area contributed by atoms with Gasteiger partial charge in [0.1, 0.15) is 0 Å². The summed E-state index contributed by atoms with van der Waals surface area (Å²) in [4.78, 5) is 0. The minimum Gasteiger partial charge on any atom is -0.454 e. The van der Waals surface area contributed by atoms with Crippen molar-refractivity contribution in [2.24, 2.45) is 0 Å². The largest absolute Gasteiger partial charge is 0.454 e. The molecule has 20 heavy (non-hydrogen) atoms. The van der Waals surface area contributed by atoms with Gasteiger partial charge in [-0.1, -0.05) is 45.7 Å². The molecule has 0 amide bonds. The number of rotatable bonds is 4. The smallest absolute Gasteiger partial charge is 0.231 e. The molecule has 1 aliphatic rings. The maximum absolute atomic E-state index is 6.16. The van der Waals surface area contributed by atoms with E-state index in [1.165, 1.54) is 5.56 Å². The van der Waals surface area contributed by atoms with Gasteiger partial charge in [-0.05, 0) is 29.3 Å². The van der Waals surface area contributed by atoms with E-state index in [-0.39, 0.29) is 6.79 Å². The molecule has 1 aliphatic heterocycles. The van der Waals surface area contributed by atoms with Crippen LogP contribution in [0.2, 0.25) is 5.02 Å². The van der Waals surface area contributed by atoms with Crippen LogP contribution in [0.15, 0.2) is 40.9 Å².